The smallest absolute Gasteiger partial charge is 0.330 e. The molecule has 0 radical (unpaired) electrons. The third-order valence-electron chi connectivity index (χ3n) is 2.19. The van der Waals surface area contributed by atoms with Crippen molar-refractivity contribution in [3.8, 4) is 0 Å². The minimum absolute atomic E-state index is 0.116. The zero-order valence-electron chi connectivity index (χ0n) is 9.97. The van der Waals surface area contributed by atoms with E-state index in [9.17, 15) is 13.6 Å². The molecule has 94 valence electrons. The standard InChI is InChI=1S/C12H20F2O2/c1-3-5-6-7-8-10(12(13)14)9-11(15)16-4-2/h9,12H,3-8H2,1-2H3/b10-9+. The van der Waals surface area contributed by atoms with Gasteiger partial charge in [-0.05, 0) is 19.8 Å². The molecule has 0 spiro atoms. The quantitative estimate of drug-likeness (QED) is 0.363. The molecule has 0 N–H and O–H groups in total. The molecule has 2 nitrogen and oxygen atoms in total. The first kappa shape index (κ1) is 15.1. The van der Waals surface area contributed by atoms with Crippen molar-refractivity contribution in [3.63, 3.8) is 0 Å². The van der Waals surface area contributed by atoms with Crippen molar-refractivity contribution in [1.29, 1.82) is 0 Å². The molecule has 0 amide bonds. The molecule has 0 aromatic heterocycles. The van der Waals surface area contributed by atoms with E-state index in [1.54, 1.807) is 6.92 Å². The highest BCUT2D eigenvalue weighted by atomic mass is 19.3. The second-order valence-electron chi connectivity index (χ2n) is 3.58. The lowest BCUT2D eigenvalue weighted by atomic mass is 10.1. The summed E-state index contributed by atoms with van der Waals surface area (Å²) < 4.78 is 29.7. The van der Waals surface area contributed by atoms with Crippen molar-refractivity contribution in [3.05, 3.63) is 11.6 Å². The second-order valence-corrected chi connectivity index (χ2v) is 3.58. The van der Waals surface area contributed by atoms with E-state index in [2.05, 4.69) is 11.7 Å². The van der Waals surface area contributed by atoms with Gasteiger partial charge in [-0.1, -0.05) is 26.2 Å². The lowest BCUT2D eigenvalue weighted by Crippen LogP contribution is -2.05. The number of carbonyl (C=O) groups excluding carboxylic acids is 1. The van der Waals surface area contributed by atoms with Gasteiger partial charge in [0.15, 0.2) is 0 Å². The summed E-state index contributed by atoms with van der Waals surface area (Å²) in [5.41, 5.74) is -0.116. The van der Waals surface area contributed by atoms with Crippen LogP contribution in [-0.4, -0.2) is 19.0 Å². The number of hydrogen-bond acceptors (Lipinski definition) is 2. The van der Waals surface area contributed by atoms with Crippen LogP contribution in [0.5, 0.6) is 0 Å². The van der Waals surface area contributed by atoms with Crippen molar-refractivity contribution in [2.75, 3.05) is 6.61 Å². The van der Waals surface area contributed by atoms with Gasteiger partial charge in [0.2, 0.25) is 0 Å². The van der Waals surface area contributed by atoms with E-state index in [1.807, 2.05) is 0 Å². The molecule has 0 aliphatic carbocycles. The highest BCUT2D eigenvalue weighted by Gasteiger charge is 2.12. The molecule has 0 fully saturated rings. The van der Waals surface area contributed by atoms with Crippen LogP contribution in [0.3, 0.4) is 0 Å². The van der Waals surface area contributed by atoms with E-state index < -0.39 is 12.4 Å². The topological polar surface area (TPSA) is 26.3 Å². The minimum Gasteiger partial charge on any atom is -0.463 e. The maximum atomic E-state index is 12.5. The zero-order chi connectivity index (χ0) is 12.4. The number of esters is 1. The highest BCUT2D eigenvalue weighted by molar-refractivity contribution is 5.82. The second kappa shape index (κ2) is 9.31. The monoisotopic (exact) mass is 234 g/mol. The fourth-order valence-corrected chi connectivity index (χ4v) is 1.34. The van der Waals surface area contributed by atoms with Gasteiger partial charge in [0, 0.05) is 11.6 Å². The number of rotatable bonds is 8. The zero-order valence-corrected chi connectivity index (χ0v) is 9.97. The molecule has 0 bridgehead atoms. The minimum atomic E-state index is -2.56. The van der Waals surface area contributed by atoms with Gasteiger partial charge in [0.1, 0.15) is 0 Å². The van der Waals surface area contributed by atoms with Crippen molar-refractivity contribution >= 4 is 5.97 Å². The Morgan fingerprint density at radius 3 is 2.44 bits per heavy atom. The van der Waals surface area contributed by atoms with Crippen LogP contribution in [0.1, 0.15) is 46.0 Å². The third-order valence-corrected chi connectivity index (χ3v) is 2.19. The Morgan fingerprint density at radius 1 is 1.25 bits per heavy atom. The molecule has 0 aromatic rings. The molecule has 0 saturated carbocycles. The Bertz CT molecular complexity index is 225. The SMILES string of the molecule is CCCCCC/C(=C\C(=O)OCC)C(F)F. The number of allylic oxidation sites excluding steroid dienone is 1. The Balaban J connectivity index is 4.10. The number of unbranched alkanes of at least 4 members (excludes halogenated alkanes) is 3. The molecule has 0 heterocycles. The average molecular weight is 234 g/mol. The first-order valence-corrected chi connectivity index (χ1v) is 5.77. The molecule has 0 saturated heterocycles. The van der Waals surface area contributed by atoms with Crippen LogP contribution in [0.15, 0.2) is 11.6 Å². The van der Waals surface area contributed by atoms with Gasteiger partial charge >= 0.3 is 5.97 Å². The van der Waals surface area contributed by atoms with E-state index in [0.717, 1.165) is 25.3 Å². The van der Waals surface area contributed by atoms with Crippen molar-refractivity contribution in [2.45, 2.75) is 52.4 Å². The van der Waals surface area contributed by atoms with Gasteiger partial charge in [-0.3, -0.25) is 0 Å². The summed E-state index contributed by atoms with van der Waals surface area (Å²) >= 11 is 0. The molecule has 16 heavy (non-hydrogen) atoms. The summed E-state index contributed by atoms with van der Waals surface area (Å²) in [5.74, 6) is -0.673. The maximum absolute atomic E-state index is 12.5. The third kappa shape index (κ3) is 7.37. The predicted octanol–water partition coefficient (Wildman–Crippen LogP) is 3.71. The molecule has 0 aliphatic heterocycles. The van der Waals surface area contributed by atoms with Gasteiger partial charge in [0.05, 0.1) is 6.61 Å². The molecular weight excluding hydrogens is 214 g/mol. The van der Waals surface area contributed by atoms with Gasteiger partial charge < -0.3 is 4.74 Å². The van der Waals surface area contributed by atoms with Gasteiger partial charge in [-0.15, -0.1) is 0 Å². The van der Waals surface area contributed by atoms with E-state index in [-0.39, 0.29) is 18.6 Å². The van der Waals surface area contributed by atoms with Crippen LogP contribution < -0.4 is 0 Å². The normalized spacial score (nSPS) is 11.9. The Kier molecular flexibility index (Phi) is 8.77. The summed E-state index contributed by atoms with van der Waals surface area (Å²) in [7, 11) is 0. The maximum Gasteiger partial charge on any atom is 0.330 e. The van der Waals surface area contributed by atoms with Gasteiger partial charge in [-0.2, -0.15) is 0 Å². The van der Waals surface area contributed by atoms with Crippen LogP contribution in [-0.2, 0) is 9.53 Å². The summed E-state index contributed by atoms with van der Waals surface area (Å²) in [6.07, 6.45) is 2.36. The van der Waals surface area contributed by atoms with Gasteiger partial charge in [0.25, 0.3) is 6.43 Å². The fraction of sp³-hybridized carbons (Fsp3) is 0.750. The lowest BCUT2D eigenvalue weighted by Gasteiger charge is -2.06. The molecule has 0 aliphatic rings. The summed E-state index contributed by atoms with van der Waals surface area (Å²) in [5, 5.41) is 0. The first-order valence-electron chi connectivity index (χ1n) is 5.77. The molecule has 0 aromatic carbocycles. The fourth-order valence-electron chi connectivity index (χ4n) is 1.34. The van der Waals surface area contributed by atoms with Gasteiger partial charge in [-0.25, -0.2) is 13.6 Å². The molecule has 0 atom stereocenters. The Morgan fingerprint density at radius 2 is 1.94 bits per heavy atom. The van der Waals surface area contributed by atoms with Crippen molar-refractivity contribution in [2.24, 2.45) is 0 Å². The van der Waals surface area contributed by atoms with Crippen LogP contribution in [0.25, 0.3) is 0 Å². The number of carbonyl (C=O) groups is 1. The van der Waals surface area contributed by atoms with Crippen LogP contribution in [0.2, 0.25) is 0 Å². The average Bonchev–Trinajstić information content (AvgIpc) is 2.22. The molecule has 4 heteroatoms. The van der Waals surface area contributed by atoms with E-state index in [4.69, 9.17) is 0 Å². The summed E-state index contributed by atoms with van der Waals surface area (Å²) in [6, 6.07) is 0. The number of hydrogen-bond donors (Lipinski definition) is 0. The number of ether oxygens (including phenoxy) is 1. The molecular formula is C12H20F2O2. The largest absolute Gasteiger partial charge is 0.463 e. The van der Waals surface area contributed by atoms with Crippen molar-refractivity contribution < 1.29 is 18.3 Å². The van der Waals surface area contributed by atoms with Crippen molar-refractivity contribution in [1.82, 2.24) is 0 Å². The van der Waals surface area contributed by atoms with Crippen LogP contribution >= 0.6 is 0 Å². The first-order chi connectivity index (χ1) is 7.61. The summed E-state index contributed by atoms with van der Waals surface area (Å²) in [6.45, 7) is 3.92. The lowest BCUT2D eigenvalue weighted by molar-refractivity contribution is -0.137. The molecule has 0 unspecified atom stereocenters. The molecule has 0 rings (SSSR count). The predicted molar refractivity (Wildman–Crippen MR) is 59.5 cm³/mol. The Hall–Kier alpha value is -0.930. The van der Waals surface area contributed by atoms with E-state index >= 15 is 0 Å². The Labute approximate surface area is 95.7 Å². The number of halogens is 2. The summed E-state index contributed by atoms with van der Waals surface area (Å²) in [4.78, 5) is 11.0. The van der Waals surface area contributed by atoms with Crippen LogP contribution in [0, 0.1) is 0 Å². The van der Waals surface area contributed by atoms with Crippen LogP contribution in [0.4, 0.5) is 8.78 Å². The van der Waals surface area contributed by atoms with E-state index in [1.165, 1.54) is 0 Å². The van der Waals surface area contributed by atoms with E-state index in [0.29, 0.717) is 6.42 Å². The highest BCUT2D eigenvalue weighted by Crippen LogP contribution is 2.17. The number of alkyl halides is 2.